The van der Waals surface area contributed by atoms with Crippen LogP contribution in [0.2, 0.25) is 0 Å². The molecule has 0 bridgehead atoms. The molecule has 0 spiro atoms. The van der Waals surface area contributed by atoms with Gasteiger partial charge < -0.3 is 9.47 Å². The van der Waals surface area contributed by atoms with Crippen LogP contribution in [-0.4, -0.2) is 36.6 Å². The van der Waals surface area contributed by atoms with E-state index in [0.29, 0.717) is 5.75 Å². The third-order valence-electron chi connectivity index (χ3n) is 2.64. The molecule has 2 unspecified atom stereocenters. The first kappa shape index (κ1) is 14.5. The molecule has 1 aliphatic rings. The van der Waals surface area contributed by atoms with Crippen LogP contribution < -0.4 is 10.1 Å². The molecule has 1 heterocycles. The molecule has 0 aromatic heterocycles. The van der Waals surface area contributed by atoms with E-state index in [0.717, 1.165) is 0 Å². The number of nitrogens with zero attached hydrogens (tertiary/aromatic N) is 1. The summed E-state index contributed by atoms with van der Waals surface area (Å²) in [6, 6.07) is 5.26. The number of ether oxygens (including phenoxy) is 2. The fourth-order valence-electron chi connectivity index (χ4n) is 1.67. The highest BCUT2D eigenvalue weighted by Gasteiger charge is 2.45. The van der Waals surface area contributed by atoms with Gasteiger partial charge in [-0.1, -0.05) is 0 Å². The van der Waals surface area contributed by atoms with E-state index in [9.17, 15) is 23.3 Å². The third kappa shape index (κ3) is 3.58. The molecule has 0 amide bonds. The fourth-order valence-corrected chi connectivity index (χ4v) is 1.67. The zero-order valence-corrected chi connectivity index (χ0v) is 10.1. The molecule has 2 atom stereocenters. The average molecular weight is 292 g/mol. The van der Waals surface area contributed by atoms with Crippen molar-refractivity contribution in [2.75, 3.05) is 13.2 Å². The number of nitro groups is 1. The monoisotopic (exact) mass is 292 g/mol. The number of benzene rings is 1. The number of alkyl halides is 3. The Balaban J connectivity index is 1.83. The Hall–Kier alpha value is -1.87. The molecule has 20 heavy (non-hydrogen) atoms. The molecule has 1 aromatic carbocycles. The summed E-state index contributed by atoms with van der Waals surface area (Å²) in [6.07, 6.45) is -7.16. The molecule has 9 heteroatoms. The predicted octanol–water partition coefficient (Wildman–Crippen LogP) is 1.85. The molecule has 1 saturated heterocycles. The number of nitrogens with one attached hydrogen (secondary N) is 1. The van der Waals surface area contributed by atoms with Gasteiger partial charge in [0.1, 0.15) is 18.5 Å². The highest BCUT2D eigenvalue weighted by molar-refractivity contribution is 5.35. The lowest BCUT2D eigenvalue weighted by molar-refractivity contribution is -0.384. The van der Waals surface area contributed by atoms with Crippen molar-refractivity contribution in [3.8, 4) is 5.75 Å². The highest BCUT2D eigenvalue weighted by Crippen LogP contribution is 2.25. The Morgan fingerprint density at radius 2 is 2.05 bits per heavy atom. The Morgan fingerprint density at radius 3 is 2.55 bits per heavy atom. The largest absolute Gasteiger partial charge is 0.491 e. The average Bonchev–Trinajstić information content (AvgIpc) is 2.85. The highest BCUT2D eigenvalue weighted by atomic mass is 19.4. The summed E-state index contributed by atoms with van der Waals surface area (Å²) in [4.78, 5) is 9.89. The van der Waals surface area contributed by atoms with Crippen LogP contribution in [0.1, 0.15) is 0 Å². The number of nitro benzene ring substituents is 1. The Labute approximate surface area is 111 Å². The first-order valence-corrected chi connectivity index (χ1v) is 5.69. The second kappa shape index (κ2) is 5.63. The van der Waals surface area contributed by atoms with Crippen molar-refractivity contribution < 1.29 is 27.6 Å². The second-order valence-corrected chi connectivity index (χ2v) is 4.15. The summed E-state index contributed by atoms with van der Waals surface area (Å²) in [5.74, 6) is 0.328. The van der Waals surface area contributed by atoms with E-state index in [1.807, 2.05) is 0 Å². The van der Waals surface area contributed by atoms with Gasteiger partial charge in [0.2, 0.25) is 6.23 Å². The first-order chi connectivity index (χ1) is 9.36. The molecule has 0 radical (unpaired) electrons. The molecule has 1 fully saturated rings. The van der Waals surface area contributed by atoms with Crippen LogP contribution >= 0.6 is 0 Å². The number of halogens is 3. The molecule has 110 valence electrons. The minimum absolute atomic E-state index is 0.0250. The van der Waals surface area contributed by atoms with Crippen molar-refractivity contribution in [3.63, 3.8) is 0 Å². The summed E-state index contributed by atoms with van der Waals surface area (Å²) in [6.45, 7) is -0.0471. The Morgan fingerprint density at radius 1 is 1.40 bits per heavy atom. The normalized spacial score (nSPS) is 22.8. The summed E-state index contributed by atoms with van der Waals surface area (Å²) < 4.78 is 46.9. The van der Waals surface area contributed by atoms with Crippen LogP contribution in [-0.2, 0) is 4.74 Å². The van der Waals surface area contributed by atoms with Crippen molar-refractivity contribution in [1.82, 2.24) is 5.32 Å². The fraction of sp³-hybridized carbons (Fsp3) is 0.455. The van der Waals surface area contributed by atoms with Crippen molar-refractivity contribution in [2.45, 2.75) is 18.5 Å². The van der Waals surface area contributed by atoms with Gasteiger partial charge in [0, 0.05) is 18.7 Å². The summed E-state index contributed by atoms with van der Waals surface area (Å²) in [5, 5.41) is 12.6. The lowest BCUT2D eigenvalue weighted by atomic mass is 10.3. The minimum atomic E-state index is -4.46. The number of hydrogen-bond donors (Lipinski definition) is 1. The van der Waals surface area contributed by atoms with Crippen LogP contribution in [0.15, 0.2) is 24.3 Å². The molecule has 0 saturated carbocycles. The predicted molar refractivity (Wildman–Crippen MR) is 61.3 cm³/mol. The van der Waals surface area contributed by atoms with E-state index in [4.69, 9.17) is 9.47 Å². The molecular weight excluding hydrogens is 281 g/mol. The van der Waals surface area contributed by atoms with Gasteiger partial charge in [-0.3, -0.25) is 15.4 Å². The maximum absolute atomic E-state index is 12.3. The van der Waals surface area contributed by atoms with Gasteiger partial charge in [-0.2, -0.15) is 13.2 Å². The lowest BCUT2D eigenvalue weighted by Gasteiger charge is -2.15. The van der Waals surface area contributed by atoms with E-state index < -0.39 is 23.4 Å². The molecule has 1 aromatic rings. The number of non-ortho nitro benzene ring substituents is 1. The first-order valence-electron chi connectivity index (χ1n) is 5.69. The van der Waals surface area contributed by atoms with Gasteiger partial charge in [-0.05, 0) is 12.1 Å². The quantitative estimate of drug-likeness (QED) is 0.677. The molecular formula is C11H11F3N2O4. The molecule has 6 nitrogen and oxygen atoms in total. The topological polar surface area (TPSA) is 73.6 Å². The molecule has 1 aliphatic heterocycles. The smallest absolute Gasteiger partial charge is 0.428 e. The third-order valence-corrected chi connectivity index (χ3v) is 2.64. The minimum Gasteiger partial charge on any atom is -0.491 e. The van der Waals surface area contributed by atoms with Crippen LogP contribution in [0, 0.1) is 10.1 Å². The van der Waals surface area contributed by atoms with Gasteiger partial charge in [-0.25, -0.2) is 0 Å². The van der Waals surface area contributed by atoms with Gasteiger partial charge in [0.25, 0.3) is 5.69 Å². The van der Waals surface area contributed by atoms with Gasteiger partial charge in [0.05, 0.1) is 4.92 Å². The van der Waals surface area contributed by atoms with E-state index in [1.165, 1.54) is 24.3 Å². The molecule has 0 aliphatic carbocycles. The van der Waals surface area contributed by atoms with Crippen molar-refractivity contribution in [2.24, 2.45) is 0 Å². The SMILES string of the molecule is O=[N+]([O-])c1ccc(OCC2CNC(C(F)(F)F)O2)cc1. The number of hydrogen-bond acceptors (Lipinski definition) is 5. The van der Waals surface area contributed by atoms with E-state index in [-0.39, 0.29) is 18.8 Å². The summed E-state index contributed by atoms with van der Waals surface area (Å²) in [5.41, 5.74) is -0.0896. The van der Waals surface area contributed by atoms with Gasteiger partial charge >= 0.3 is 6.18 Å². The number of rotatable bonds is 4. The standard InChI is InChI=1S/C11H11F3N2O4/c12-11(13,14)10-15-5-9(20-10)6-19-8-3-1-7(2-4-8)16(17)18/h1-4,9-10,15H,5-6H2. The van der Waals surface area contributed by atoms with Crippen LogP contribution in [0.25, 0.3) is 0 Å². The van der Waals surface area contributed by atoms with E-state index in [1.54, 1.807) is 0 Å². The maximum atomic E-state index is 12.3. The van der Waals surface area contributed by atoms with Gasteiger partial charge in [-0.15, -0.1) is 0 Å². The Kier molecular flexibility index (Phi) is 4.09. The van der Waals surface area contributed by atoms with Crippen molar-refractivity contribution in [1.29, 1.82) is 0 Å². The van der Waals surface area contributed by atoms with E-state index >= 15 is 0 Å². The summed E-state index contributed by atoms with van der Waals surface area (Å²) >= 11 is 0. The van der Waals surface area contributed by atoms with Crippen LogP contribution in [0.5, 0.6) is 5.75 Å². The van der Waals surface area contributed by atoms with Crippen LogP contribution in [0.3, 0.4) is 0 Å². The van der Waals surface area contributed by atoms with Crippen molar-refractivity contribution >= 4 is 5.69 Å². The zero-order valence-electron chi connectivity index (χ0n) is 10.1. The molecule has 2 rings (SSSR count). The second-order valence-electron chi connectivity index (χ2n) is 4.15. The van der Waals surface area contributed by atoms with Gasteiger partial charge in [0.15, 0.2) is 0 Å². The van der Waals surface area contributed by atoms with E-state index in [2.05, 4.69) is 5.32 Å². The zero-order chi connectivity index (χ0) is 14.8. The summed E-state index contributed by atoms with van der Waals surface area (Å²) in [7, 11) is 0. The van der Waals surface area contributed by atoms with Crippen LogP contribution in [0.4, 0.5) is 18.9 Å². The molecule has 1 N–H and O–H groups in total. The lowest BCUT2D eigenvalue weighted by Crippen LogP contribution is -2.38. The Bertz CT molecular complexity index is 478. The maximum Gasteiger partial charge on any atom is 0.428 e. The van der Waals surface area contributed by atoms with Crippen molar-refractivity contribution in [3.05, 3.63) is 34.4 Å².